The van der Waals surface area contributed by atoms with Gasteiger partial charge in [0.15, 0.2) is 0 Å². The van der Waals surface area contributed by atoms with E-state index in [1.165, 1.54) is 0 Å². The summed E-state index contributed by atoms with van der Waals surface area (Å²) in [5, 5.41) is 0. The monoisotopic (exact) mass is 181 g/mol. The van der Waals surface area contributed by atoms with E-state index in [2.05, 4.69) is 0 Å². The Labute approximate surface area is 68.1 Å². The fourth-order valence-corrected chi connectivity index (χ4v) is 1.84. The van der Waals surface area contributed by atoms with Crippen molar-refractivity contribution in [3.63, 3.8) is 0 Å². The fourth-order valence-electron chi connectivity index (χ4n) is 0.906. The third-order valence-electron chi connectivity index (χ3n) is 1.69. The van der Waals surface area contributed by atoms with Gasteiger partial charge in [0, 0.05) is 12.6 Å². The molecule has 0 bridgehead atoms. The minimum Gasteiger partial charge on any atom is -0.273 e. The molecule has 68 valence electrons. The summed E-state index contributed by atoms with van der Waals surface area (Å²) in [7, 11) is -3.99. The van der Waals surface area contributed by atoms with Gasteiger partial charge in [0.2, 0.25) is 0 Å². The Morgan fingerprint density at radius 2 is 1.91 bits per heavy atom. The molecular weight excluding hydrogens is 166 g/mol. The van der Waals surface area contributed by atoms with Crippen molar-refractivity contribution in [3.05, 3.63) is 0 Å². The van der Waals surface area contributed by atoms with E-state index in [1.807, 2.05) is 6.92 Å². The maximum atomic E-state index is 10.6. The number of rotatable bonds is 4. The molecule has 0 aliphatic carbocycles. The zero-order valence-electron chi connectivity index (χ0n) is 7.11. The predicted molar refractivity (Wildman–Crippen MR) is 43.7 cm³/mol. The zero-order valence-corrected chi connectivity index (χ0v) is 7.93. The Morgan fingerprint density at radius 3 is 2.00 bits per heavy atom. The Bertz CT molecular complexity index is 200. The van der Waals surface area contributed by atoms with Gasteiger partial charge in [0.1, 0.15) is 0 Å². The maximum absolute atomic E-state index is 10.6. The van der Waals surface area contributed by atoms with Gasteiger partial charge in [-0.1, -0.05) is 13.8 Å². The summed E-state index contributed by atoms with van der Waals surface area (Å²) in [6, 6.07) is -0.130. The fraction of sp³-hybridized carbons (Fsp3) is 1.00. The van der Waals surface area contributed by atoms with Crippen LogP contribution in [0.4, 0.5) is 0 Å². The minimum absolute atomic E-state index is 0.130. The van der Waals surface area contributed by atoms with Gasteiger partial charge in [-0.25, -0.2) is 0 Å². The van der Waals surface area contributed by atoms with E-state index in [4.69, 9.17) is 4.55 Å². The van der Waals surface area contributed by atoms with Gasteiger partial charge in [-0.15, -0.1) is 0 Å². The molecule has 0 spiro atoms. The molecule has 0 aliphatic rings. The van der Waals surface area contributed by atoms with Crippen LogP contribution in [-0.4, -0.2) is 29.9 Å². The van der Waals surface area contributed by atoms with Crippen LogP contribution in [-0.2, 0) is 10.3 Å². The lowest BCUT2D eigenvalue weighted by Gasteiger charge is -2.22. The van der Waals surface area contributed by atoms with Crippen molar-refractivity contribution in [2.24, 2.45) is 0 Å². The van der Waals surface area contributed by atoms with Crippen LogP contribution in [0.1, 0.15) is 27.2 Å². The molecule has 11 heavy (non-hydrogen) atoms. The second-order valence-corrected chi connectivity index (χ2v) is 3.80. The largest absolute Gasteiger partial charge is 0.336 e. The summed E-state index contributed by atoms with van der Waals surface area (Å²) < 4.78 is 31.0. The molecule has 0 aromatic heterocycles. The molecule has 1 unspecified atom stereocenters. The molecule has 0 aromatic carbocycles. The summed E-state index contributed by atoms with van der Waals surface area (Å²) in [5.41, 5.74) is 0. The van der Waals surface area contributed by atoms with E-state index >= 15 is 0 Å². The molecule has 1 N–H and O–H groups in total. The first kappa shape index (κ1) is 10.9. The average molecular weight is 181 g/mol. The molecular formula is C6H15NO3S. The van der Waals surface area contributed by atoms with Crippen LogP contribution in [0.5, 0.6) is 0 Å². The number of nitrogens with zero attached hydrogens (tertiary/aromatic N) is 1. The van der Waals surface area contributed by atoms with Crippen LogP contribution in [0.25, 0.3) is 0 Å². The van der Waals surface area contributed by atoms with Crippen molar-refractivity contribution in [1.82, 2.24) is 4.31 Å². The highest BCUT2D eigenvalue weighted by atomic mass is 32.2. The average Bonchev–Trinajstić information content (AvgIpc) is 1.86. The Balaban J connectivity index is 4.42. The molecule has 0 fully saturated rings. The molecule has 0 radical (unpaired) electrons. The maximum Gasteiger partial charge on any atom is 0.336 e. The van der Waals surface area contributed by atoms with Crippen LogP contribution < -0.4 is 0 Å². The van der Waals surface area contributed by atoms with E-state index < -0.39 is 10.3 Å². The Kier molecular flexibility index (Phi) is 3.99. The molecule has 0 aliphatic heterocycles. The van der Waals surface area contributed by atoms with Gasteiger partial charge in [0.05, 0.1) is 0 Å². The first-order valence-electron chi connectivity index (χ1n) is 3.67. The topological polar surface area (TPSA) is 57.6 Å². The van der Waals surface area contributed by atoms with E-state index in [-0.39, 0.29) is 6.04 Å². The standard InChI is InChI=1S/C6H15NO3S/c1-4-6(3)7(5-2)11(8,9)10/h6H,4-5H2,1-3H3,(H,8,9,10). The van der Waals surface area contributed by atoms with Gasteiger partial charge < -0.3 is 0 Å². The van der Waals surface area contributed by atoms with Crippen LogP contribution in [0.3, 0.4) is 0 Å². The zero-order chi connectivity index (χ0) is 9.07. The van der Waals surface area contributed by atoms with Gasteiger partial charge in [0.25, 0.3) is 0 Å². The lowest BCUT2D eigenvalue weighted by atomic mass is 10.3. The summed E-state index contributed by atoms with van der Waals surface area (Å²) in [6.07, 6.45) is 0.702. The normalized spacial score (nSPS) is 15.4. The van der Waals surface area contributed by atoms with Crippen molar-refractivity contribution in [2.45, 2.75) is 33.2 Å². The second-order valence-electron chi connectivity index (χ2n) is 2.44. The predicted octanol–water partition coefficient (Wildman–Crippen LogP) is 0.910. The van der Waals surface area contributed by atoms with E-state index in [0.717, 1.165) is 4.31 Å². The van der Waals surface area contributed by atoms with Crippen LogP contribution in [0.15, 0.2) is 0 Å². The first-order valence-corrected chi connectivity index (χ1v) is 5.07. The van der Waals surface area contributed by atoms with E-state index in [9.17, 15) is 8.42 Å². The first-order chi connectivity index (χ1) is 4.93. The summed E-state index contributed by atoms with van der Waals surface area (Å²) in [5.74, 6) is 0. The van der Waals surface area contributed by atoms with Crippen molar-refractivity contribution in [1.29, 1.82) is 0 Å². The van der Waals surface area contributed by atoms with Crippen molar-refractivity contribution < 1.29 is 13.0 Å². The van der Waals surface area contributed by atoms with Crippen molar-refractivity contribution >= 4 is 10.3 Å². The SMILES string of the molecule is CCC(C)N(CC)S(=O)(=O)O. The molecule has 0 rings (SSSR count). The summed E-state index contributed by atoms with van der Waals surface area (Å²) in [4.78, 5) is 0. The molecule has 1 atom stereocenters. The second kappa shape index (κ2) is 4.04. The molecule has 0 saturated heterocycles. The Morgan fingerprint density at radius 1 is 1.45 bits per heavy atom. The van der Waals surface area contributed by atoms with Gasteiger partial charge in [-0.05, 0) is 13.3 Å². The number of hydrogen-bond donors (Lipinski definition) is 1. The van der Waals surface area contributed by atoms with Crippen molar-refractivity contribution in [3.8, 4) is 0 Å². The molecule has 5 heteroatoms. The Hall–Kier alpha value is -0.130. The molecule has 0 saturated carbocycles. The molecule has 0 aromatic rings. The van der Waals surface area contributed by atoms with E-state index in [1.54, 1.807) is 13.8 Å². The highest BCUT2D eigenvalue weighted by Gasteiger charge is 2.21. The van der Waals surface area contributed by atoms with Gasteiger partial charge in [-0.3, -0.25) is 4.55 Å². The van der Waals surface area contributed by atoms with Crippen LogP contribution >= 0.6 is 0 Å². The molecule has 0 amide bonds. The number of hydrogen-bond acceptors (Lipinski definition) is 2. The quantitative estimate of drug-likeness (QED) is 0.656. The van der Waals surface area contributed by atoms with Gasteiger partial charge >= 0.3 is 10.3 Å². The summed E-state index contributed by atoms with van der Waals surface area (Å²) in [6.45, 7) is 5.64. The summed E-state index contributed by atoms with van der Waals surface area (Å²) >= 11 is 0. The van der Waals surface area contributed by atoms with Crippen LogP contribution in [0.2, 0.25) is 0 Å². The smallest absolute Gasteiger partial charge is 0.273 e. The minimum atomic E-state index is -3.99. The highest BCUT2D eigenvalue weighted by molar-refractivity contribution is 7.83. The van der Waals surface area contributed by atoms with Crippen molar-refractivity contribution in [2.75, 3.05) is 6.54 Å². The lowest BCUT2D eigenvalue weighted by Crippen LogP contribution is -2.37. The third kappa shape index (κ3) is 3.18. The van der Waals surface area contributed by atoms with Crippen LogP contribution in [0, 0.1) is 0 Å². The molecule has 4 nitrogen and oxygen atoms in total. The molecule has 0 heterocycles. The highest BCUT2D eigenvalue weighted by Crippen LogP contribution is 2.06. The lowest BCUT2D eigenvalue weighted by molar-refractivity contribution is 0.302. The van der Waals surface area contributed by atoms with Gasteiger partial charge in [-0.2, -0.15) is 12.7 Å². The third-order valence-corrected chi connectivity index (χ3v) is 2.90. The van der Waals surface area contributed by atoms with E-state index in [0.29, 0.717) is 13.0 Å².